The Labute approximate surface area is 286 Å². The molecule has 15 heteroatoms. The van der Waals surface area contributed by atoms with Crippen LogP contribution in [-0.4, -0.2) is 88.7 Å². The molecule has 0 spiro atoms. The van der Waals surface area contributed by atoms with Gasteiger partial charge in [-0.3, -0.25) is 9.52 Å². The lowest BCUT2D eigenvalue weighted by molar-refractivity contribution is -0.00832. The Balaban J connectivity index is 1.68. The molecule has 11 nitrogen and oxygen atoms in total. The van der Waals surface area contributed by atoms with E-state index >= 15 is 0 Å². The summed E-state index contributed by atoms with van der Waals surface area (Å²) in [4.78, 5) is 15.8. The summed E-state index contributed by atoms with van der Waals surface area (Å²) in [6, 6.07) is 12.8. The standard InChI is InChI=1S/C32H42ClN3O8S3/c1-22-19-36(23(2)21-37)32(38)28-18-26(34-46(39,40)27-13-10-25(33)11-14-27)12-15-29(28)44-24(3)8-5-6-16-43-30(22)20-35(4)47(41,42)31-9-7-17-45-31/h7,9-15,17-18,22-24,30,34,37H,5-6,8,16,19-21H2,1-4H3/t22-,23+,24-,30-/m1/s1. The number of ether oxygens (including phenoxy) is 2. The van der Waals surface area contributed by atoms with Gasteiger partial charge in [-0.25, -0.2) is 16.8 Å². The molecule has 1 aliphatic heterocycles. The minimum atomic E-state index is -4.01. The van der Waals surface area contributed by atoms with Gasteiger partial charge < -0.3 is 19.5 Å². The van der Waals surface area contributed by atoms with E-state index in [2.05, 4.69) is 4.72 Å². The second kappa shape index (κ2) is 16.1. The van der Waals surface area contributed by atoms with E-state index in [4.69, 9.17) is 21.1 Å². The Morgan fingerprint density at radius 2 is 1.83 bits per heavy atom. The number of hydrogen-bond donors (Lipinski definition) is 2. The first-order valence-corrected chi connectivity index (χ1v) is 19.5. The van der Waals surface area contributed by atoms with Crippen molar-refractivity contribution >= 4 is 54.6 Å². The van der Waals surface area contributed by atoms with Gasteiger partial charge in [-0.15, -0.1) is 11.3 Å². The summed E-state index contributed by atoms with van der Waals surface area (Å²) in [5.74, 6) is -0.554. The van der Waals surface area contributed by atoms with E-state index in [1.54, 1.807) is 30.5 Å². The van der Waals surface area contributed by atoms with Gasteiger partial charge in [0.15, 0.2) is 0 Å². The lowest BCUT2D eigenvalue weighted by Gasteiger charge is -2.35. The number of anilines is 1. The number of aliphatic hydroxyl groups is 1. The van der Waals surface area contributed by atoms with E-state index in [1.807, 2.05) is 13.8 Å². The molecule has 0 aliphatic carbocycles. The maximum Gasteiger partial charge on any atom is 0.261 e. The van der Waals surface area contributed by atoms with Crippen LogP contribution in [-0.2, 0) is 24.8 Å². The Kier molecular flexibility index (Phi) is 12.7. The molecule has 1 aliphatic rings. The Hall–Kier alpha value is -2.72. The highest BCUT2D eigenvalue weighted by Crippen LogP contribution is 2.30. The average Bonchev–Trinajstić information content (AvgIpc) is 3.59. The number of hydrogen-bond acceptors (Lipinski definition) is 9. The maximum absolute atomic E-state index is 14.3. The molecule has 2 N–H and O–H groups in total. The minimum absolute atomic E-state index is 0.000335. The third-order valence-electron chi connectivity index (χ3n) is 8.02. The summed E-state index contributed by atoms with van der Waals surface area (Å²) in [5, 5.41) is 12.3. The van der Waals surface area contributed by atoms with Crippen molar-refractivity contribution in [1.82, 2.24) is 9.21 Å². The van der Waals surface area contributed by atoms with Crippen molar-refractivity contribution in [2.75, 3.05) is 38.1 Å². The van der Waals surface area contributed by atoms with Gasteiger partial charge in [-0.2, -0.15) is 4.31 Å². The fraction of sp³-hybridized carbons (Fsp3) is 0.469. The first-order valence-electron chi connectivity index (χ1n) is 15.3. The number of aliphatic hydroxyl groups excluding tert-OH is 1. The predicted octanol–water partition coefficient (Wildman–Crippen LogP) is 5.32. The fourth-order valence-corrected chi connectivity index (χ4v) is 8.75. The molecule has 47 heavy (non-hydrogen) atoms. The number of likely N-dealkylation sites (N-methyl/N-ethyl adjacent to an activating group) is 1. The molecule has 2 heterocycles. The normalized spacial score (nSPS) is 21.0. The largest absolute Gasteiger partial charge is 0.490 e. The molecule has 0 unspecified atom stereocenters. The van der Waals surface area contributed by atoms with E-state index in [0.29, 0.717) is 24.5 Å². The first kappa shape index (κ1) is 37.1. The quantitative estimate of drug-likeness (QED) is 0.302. The number of fused-ring (bicyclic) bond motifs is 1. The lowest BCUT2D eigenvalue weighted by atomic mass is 10.0. The molecule has 0 fully saturated rings. The van der Waals surface area contributed by atoms with Crippen LogP contribution < -0.4 is 9.46 Å². The number of halogens is 1. The summed E-state index contributed by atoms with van der Waals surface area (Å²) < 4.78 is 69.3. The van der Waals surface area contributed by atoms with Crippen LogP contribution in [0.4, 0.5) is 5.69 Å². The van der Waals surface area contributed by atoms with Gasteiger partial charge in [-0.05, 0) is 87.0 Å². The molecule has 1 aromatic heterocycles. The van der Waals surface area contributed by atoms with Crippen molar-refractivity contribution in [3.05, 3.63) is 70.6 Å². The SMILES string of the molecule is C[C@@H]1CCCCO[C@H](CN(C)S(=O)(=O)c2cccs2)[C@H](C)CN([C@@H](C)CO)C(=O)c2cc(NS(=O)(=O)c3ccc(Cl)cc3)ccc2O1. The molecule has 3 aromatic rings. The molecule has 0 saturated heterocycles. The summed E-state index contributed by atoms with van der Waals surface area (Å²) in [6.07, 6.45) is 1.30. The average molecular weight is 728 g/mol. The molecule has 4 atom stereocenters. The van der Waals surface area contributed by atoms with Crippen LogP contribution in [0.2, 0.25) is 5.02 Å². The Bertz CT molecular complexity index is 1700. The van der Waals surface area contributed by atoms with Crippen LogP contribution in [0.3, 0.4) is 0 Å². The number of amides is 1. The van der Waals surface area contributed by atoms with Crippen LogP contribution in [0.15, 0.2) is 69.1 Å². The fourth-order valence-electron chi connectivity index (χ4n) is 5.19. The summed E-state index contributed by atoms with van der Waals surface area (Å²) in [7, 11) is -6.24. The van der Waals surface area contributed by atoms with Gasteiger partial charge >= 0.3 is 0 Å². The van der Waals surface area contributed by atoms with Gasteiger partial charge in [0.05, 0.1) is 35.3 Å². The van der Waals surface area contributed by atoms with Crippen molar-refractivity contribution in [2.24, 2.45) is 5.92 Å². The number of carbonyl (C=O) groups excluding carboxylic acids is 1. The van der Waals surface area contributed by atoms with Crippen LogP contribution in [0, 0.1) is 5.92 Å². The maximum atomic E-state index is 14.3. The van der Waals surface area contributed by atoms with Crippen LogP contribution in [0.1, 0.15) is 50.4 Å². The van der Waals surface area contributed by atoms with E-state index < -0.39 is 38.1 Å². The van der Waals surface area contributed by atoms with Gasteiger partial charge in [0.25, 0.3) is 26.0 Å². The molecular weight excluding hydrogens is 686 g/mol. The smallest absolute Gasteiger partial charge is 0.261 e. The number of thiophene rings is 1. The molecule has 4 rings (SSSR count). The summed E-state index contributed by atoms with van der Waals surface area (Å²) in [5.41, 5.74) is 0.267. The van der Waals surface area contributed by atoms with Crippen LogP contribution in [0.5, 0.6) is 5.75 Å². The third-order valence-corrected chi connectivity index (χ3v) is 12.9. The topological polar surface area (TPSA) is 143 Å². The van der Waals surface area contributed by atoms with E-state index in [0.717, 1.165) is 17.8 Å². The molecule has 0 bridgehead atoms. The van der Waals surface area contributed by atoms with Crippen molar-refractivity contribution in [2.45, 2.75) is 67.4 Å². The molecule has 2 aromatic carbocycles. The van der Waals surface area contributed by atoms with Gasteiger partial charge in [0.2, 0.25) is 0 Å². The number of rotatable bonds is 9. The molecular formula is C32H42ClN3O8S3. The van der Waals surface area contributed by atoms with Crippen molar-refractivity contribution in [3.63, 3.8) is 0 Å². The summed E-state index contributed by atoms with van der Waals surface area (Å²) in [6.45, 7) is 5.70. The lowest BCUT2D eigenvalue weighted by Crippen LogP contribution is -2.48. The second-order valence-electron chi connectivity index (χ2n) is 11.8. The number of benzene rings is 2. The predicted molar refractivity (Wildman–Crippen MR) is 183 cm³/mol. The van der Waals surface area contributed by atoms with E-state index in [-0.39, 0.29) is 57.8 Å². The van der Waals surface area contributed by atoms with Crippen LogP contribution >= 0.6 is 22.9 Å². The molecule has 1 amide bonds. The summed E-state index contributed by atoms with van der Waals surface area (Å²) >= 11 is 7.07. The molecule has 258 valence electrons. The monoisotopic (exact) mass is 727 g/mol. The van der Waals surface area contributed by atoms with E-state index in [9.17, 15) is 26.7 Å². The third kappa shape index (κ3) is 9.46. The number of nitrogens with one attached hydrogen (secondary N) is 1. The van der Waals surface area contributed by atoms with Crippen molar-refractivity contribution < 1.29 is 36.2 Å². The molecule has 0 saturated carbocycles. The Morgan fingerprint density at radius 1 is 1.11 bits per heavy atom. The number of carbonyl (C=O) groups is 1. The van der Waals surface area contributed by atoms with Crippen molar-refractivity contribution in [3.8, 4) is 5.75 Å². The first-order chi connectivity index (χ1) is 22.2. The van der Waals surface area contributed by atoms with Gasteiger partial charge in [0, 0.05) is 43.4 Å². The zero-order valence-corrected chi connectivity index (χ0v) is 30.0. The zero-order chi connectivity index (χ0) is 34.4. The van der Waals surface area contributed by atoms with Crippen molar-refractivity contribution in [1.29, 1.82) is 0 Å². The van der Waals surface area contributed by atoms with Gasteiger partial charge in [0.1, 0.15) is 9.96 Å². The highest BCUT2D eigenvalue weighted by molar-refractivity contribution is 7.92. The highest BCUT2D eigenvalue weighted by atomic mass is 35.5. The Morgan fingerprint density at radius 3 is 2.49 bits per heavy atom. The minimum Gasteiger partial charge on any atom is -0.490 e. The second-order valence-corrected chi connectivity index (χ2v) is 17.1. The van der Waals surface area contributed by atoms with E-state index in [1.165, 1.54) is 52.7 Å². The van der Waals surface area contributed by atoms with Gasteiger partial charge in [-0.1, -0.05) is 24.6 Å². The zero-order valence-electron chi connectivity index (χ0n) is 26.8. The molecule has 0 radical (unpaired) electrons. The van der Waals surface area contributed by atoms with Crippen LogP contribution in [0.25, 0.3) is 0 Å². The number of nitrogens with zero attached hydrogens (tertiary/aromatic N) is 2. The number of sulfonamides is 2. The highest BCUT2D eigenvalue weighted by Gasteiger charge is 2.33.